The highest BCUT2D eigenvalue weighted by atomic mass is 79.9. The lowest BCUT2D eigenvalue weighted by Gasteiger charge is -1.94. The predicted molar refractivity (Wildman–Crippen MR) is 71.5 cm³/mol. The van der Waals surface area contributed by atoms with Crippen molar-refractivity contribution in [2.24, 2.45) is 0 Å². The number of hydrogen-bond acceptors (Lipinski definition) is 3. The Morgan fingerprint density at radius 3 is 3.00 bits per heavy atom. The van der Waals surface area contributed by atoms with Crippen LogP contribution in [0, 0.1) is 0 Å². The number of aromatic nitrogens is 2. The lowest BCUT2D eigenvalue weighted by molar-refractivity contribution is 1.41. The summed E-state index contributed by atoms with van der Waals surface area (Å²) in [5.41, 5.74) is 8.76. The van der Waals surface area contributed by atoms with Gasteiger partial charge in [-0.15, -0.1) is 11.3 Å². The van der Waals surface area contributed by atoms with Gasteiger partial charge in [-0.1, -0.05) is 22.0 Å². The van der Waals surface area contributed by atoms with Crippen molar-refractivity contribution in [1.82, 2.24) is 9.97 Å². The van der Waals surface area contributed by atoms with E-state index in [2.05, 4.69) is 38.0 Å². The quantitative estimate of drug-likeness (QED) is 0.720. The summed E-state index contributed by atoms with van der Waals surface area (Å²) in [7, 11) is 0. The molecule has 0 bridgehead atoms. The number of H-pyrrole nitrogens is 1. The molecule has 0 aliphatic carbocycles. The van der Waals surface area contributed by atoms with Gasteiger partial charge < -0.3 is 10.7 Å². The molecular formula is C11H8BrN3S. The Kier molecular flexibility index (Phi) is 2.22. The molecule has 3 aromatic rings. The van der Waals surface area contributed by atoms with E-state index in [1.165, 1.54) is 11.3 Å². The van der Waals surface area contributed by atoms with Crippen LogP contribution in [-0.4, -0.2) is 9.97 Å². The van der Waals surface area contributed by atoms with Crippen molar-refractivity contribution in [2.45, 2.75) is 0 Å². The summed E-state index contributed by atoms with van der Waals surface area (Å²) >= 11 is 4.91. The molecule has 3 nitrogen and oxygen atoms in total. The zero-order valence-corrected chi connectivity index (χ0v) is 10.6. The molecule has 0 amide bonds. The van der Waals surface area contributed by atoms with Gasteiger partial charge in [0, 0.05) is 32.5 Å². The molecule has 0 aliphatic rings. The first-order valence-corrected chi connectivity index (χ1v) is 6.39. The van der Waals surface area contributed by atoms with E-state index in [9.17, 15) is 0 Å². The smallest absolute Gasteiger partial charge is 0.180 e. The molecule has 1 aromatic carbocycles. The highest BCUT2D eigenvalue weighted by molar-refractivity contribution is 9.10. The number of nitrogens with one attached hydrogen (secondary N) is 1. The SMILES string of the molecule is Nc1nc(-c2c[nH]c3cc(Br)ccc23)cs1. The molecule has 2 aromatic heterocycles. The van der Waals surface area contributed by atoms with Crippen LogP contribution in [0.3, 0.4) is 0 Å². The summed E-state index contributed by atoms with van der Waals surface area (Å²) in [5, 5.41) is 3.73. The molecule has 3 rings (SSSR count). The monoisotopic (exact) mass is 293 g/mol. The number of aromatic amines is 1. The van der Waals surface area contributed by atoms with Gasteiger partial charge in [-0.3, -0.25) is 0 Å². The first-order chi connectivity index (χ1) is 7.74. The summed E-state index contributed by atoms with van der Waals surface area (Å²) in [5.74, 6) is 0. The van der Waals surface area contributed by atoms with Gasteiger partial charge in [0.2, 0.25) is 0 Å². The van der Waals surface area contributed by atoms with Crippen molar-refractivity contribution >= 4 is 43.3 Å². The maximum atomic E-state index is 5.64. The van der Waals surface area contributed by atoms with Crippen LogP contribution in [-0.2, 0) is 0 Å². The zero-order chi connectivity index (χ0) is 11.1. The predicted octanol–water partition coefficient (Wildman–Crippen LogP) is 3.64. The zero-order valence-electron chi connectivity index (χ0n) is 8.20. The highest BCUT2D eigenvalue weighted by Gasteiger charge is 2.08. The minimum absolute atomic E-state index is 0.599. The largest absolute Gasteiger partial charge is 0.375 e. The minimum atomic E-state index is 0.599. The molecule has 3 N–H and O–H groups in total. The average Bonchev–Trinajstić information content (AvgIpc) is 2.83. The van der Waals surface area contributed by atoms with E-state index in [1.54, 1.807) is 0 Å². The fraction of sp³-hybridized carbons (Fsp3) is 0. The Morgan fingerprint density at radius 1 is 1.38 bits per heavy atom. The van der Waals surface area contributed by atoms with Gasteiger partial charge in [0.15, 0.2) is 5.13 Å². The van der Waals surface area contributed by atoms with Crippen LogP contribution >= 0.6 is 27.3 Å². The third kappa shape index (κ3) is 1.52. The third-order valence-corrected chi connectivity index (χ3v) is 3.61. The van der Waals surface area contributed by atoms with Crippen molar-refractivity contribution < 1.29 is 0 Å². The van der Waals surface area contributed by atoms with E-state index >= 15 is 0 Å². The van der Waals surface area contributed by atoms with Crippen molar-refractivity contribution in [3.05, 3.63) is 34.2 Å². The van der Waals surface area contributed by atoms with Gasteiger partial charge in [-0.05, 0) is 12.1 Å². The molecule has 16 heavy (non-hydrogen) atoms. The molecule has 80 valence electrons. The Labute approximate surface area is 104 Å². The summed E-state index contributed by atoms with van der Waals surface area (Å²) < 4.78 is 1.06. The molecule has 0 saturated heterocycles. The average molecular weight is 294 g/mol. The number of hydrogen-bond donors (Lipinski definition) is 2. The molecule has 2 heterocycles. The Bertz CT molecular complexity index is 656. The maximum absolute atomic E-state index is 5.64. The number of rotatable bonds is 1. The highest BCUT2D eigenvalue weighted by Crippen LogP contribution is 2.31. The number of nitrogens with zero attached hydrogens (tertiary/aromatic N) is 1. The van der Waals surface area contributed by atoms with E-state index in [1.807, 2.05) is 17.6 Å². The molecule has 5 heteroatoms. The van der Waals surface area contributed by atoms with E-state index in [0.717, 1.165) is 26.6 Å². The van der Waals surface area contributed by atoms with E-state index in [-0.39, 0.29) is 0 Å². The molecule has 0 spiro atoms. The Morgan fingerprint density at radius 2 is 2.25 bits per heavy atom. The fourth-order valence-corrected chi connectivity index (χ4v) is 2.65. The number of nitrogen functional groups attached to an aromatic ring is 1. The lowest BCUT2D eigenvalue weighted by Crippen LogP contribution is -1.81. The van der Waals surface area contributed by atoms with Crippen LogP contribution in [0.1, 0.15) is 0 Å². The third-order valence-electron chi connectivity index (χ3n) is 2.44. The number of anilines is 1. The molecule has 0 unspecified atom stereocenters. The molecule has 0 radical (unpaired) electrons. The van der Waals surface area contributed by atoms with Crippen LogP contribution in [0.25, 0.3) is 22.2 Å². The normalized spacial score (nSPS) is 11.1. The van der Waals surface area contributed by atoms with E-state index in [4.69, 9.17) is 5.73 Å². The summed E-state index contributed by atoms with van der Waals surface area (Å²) in [6, 6.07) is 6.14. The van der Waals surface area contributed by atoms with Gasteiger partial charge in [0.1, 0.15) is 0 Å². The molecule has 0 fully saturated rings. The molecule has 0 saturated carbocycles. The second kappa shape index (κ2) is 3.61. The second-order valence-corrected chi connectivity index (χ2v) is 5.27. The van der Waals surface area contributed by atoms with Crippen LogP contribution in [0.4, 0.5) is 5.13 Å². The van der Waals surface area contributed by atoms with E-state index in [0.29, 0.717) is 5.13 Å². The van der Waals surface area contributed by atoms with Crippen LogP contribution in [0.15, 0.2) is 34.2 Å². The fourth-order valence-electron chi connectivity index (χ4n) is 1.72. The van der Waals surface area contributed by atoms with Gasteiger partial charge >= 0.3 is 0 Å². The number of nitrogens with two attached hydrogens (primary N) is 1. The van der Waals surface area contributed by atoms with E-state index < -0.39 is 0 Å². The van der Waals surface area contributed by atoms with Gasteiger partial charge in [0.05, 0.1) is 5.69 Å². The number of thiazole rings is 1. The standard InChI is InChI=1S/C11H8BrN3S/c12-6-1-2-7-8(4-14-9(7)3-6)10-5-16-11(13)15-10/h1-5,14H,(H2,13,15). The van der Waals surface area contributed by atoms with Crippen LogP contribution in [0.2, 0.25) is 0 Å². The van der Waals surface area contributed by atoms with Crippen LogP contribution < -0.4 is 5.73 Å². The Hall–Kier alpha value is -1.33. The van der Waals surface area contributed by atoms with Crippen molar-refractivity contribution in [3.63, 3.8) is 0 Å². The molecule has 0 aliphatic heterocycles. The minimum Gasteiger partial charge on any atom is -0.375 e. The number of halogens is 1. The summed E-state index contributed by atoms with van der Waals surface area (Å²) in [6.45, 7) is 0. The van der Waals surface area contributed by atoms with Crippen molar-refractivity contribution in [3.8, 4) is 11.3 Å². The topological polar surface area (TPSA) is 54.7 Å². The summed E-state index contributed by atoms with van der Waals surface area (Å²) in [4.78, 5) is 7.52. The number of fused-ring (bicyclic) bond motifs is 1. The summed E-state index contributed by atoms with van der Waals surface area (Å²) in [6.07, 6.45) is 1.96. The number of benzene rings is 1. The first kappa shape index (κ1) is 9.86. The molecule has 0 atom stereocenters. The lowest BCUT2D eigenvalue weighted by atomic mass is 10.1. The Balaban J connectivity index is 2.25. The maximum Gasteiger partial charge on any atom is 0.180 e. The van der Waals surface area contributed by atoms with Crippen LogP contribution in [0.5, 0.6) is 0 Å². The van der Waals surface area contributed by atoms with Crippen molar-refractivity contribution in [1.29, 1.82) is 0 Å². The molecular weight excluding hydrogens is 286 g/mol. The van der Waals surface area contributed by atoms with Gasteiger partial charge in [-0.25, -0.2) is 4.98 Å². The first-order valence-electron chi connectivity index (χ1n) is 4.72. The van der Waals surface area contributed by atoms with Gasteiger partial charge in [-0.2, -0.15) is 0 Å². The van der Waals surface area contributed by atoms with Crippen molar-refractivity contribution in [2.75, 3.05) is 5.73 Å². The second-order valence-electron chi connectivity index (χ2n) is 3.46. The van der Waals surface area contributed by atoms with Gasteiger partial charge in [0.25, 0.3) is 0 Å².